The van der Waals surface area contributed by atoms with E-state index in [1.54, 1.807) is 24.5 Å². The van der Waals surface area contributed by atoms with Crippen molar-refractivity contribution in [1.82, 2.24) is 9.88 Å². The Kier molecular flexibility index (Phi) is 4.26. The van der Waals surface area contributed by atoms with E-state index in [0.29, 0.717) is 18.7 Å². The molecule has 0 fully saturated rings. The van der Waals surface area contributed by atoms with Gasteiger partial charge in [-0.1, -0.05) is 0 Å². The van der Waals surface area contributed by atoms with Crippen molar-refractivity contribution in [3.63, 3.8) is 0 Å². The third kappa shape index (κ3) is 3.89. The van der Waals surface area contributed by atoms with Gasteiger partial charge in [0.05, 0.1) is 6.54 Å². The number of likely N-dealkylation sites (N-methyl/N-ethyl adjacent to an activating group) is 1. The van der Waals surface area contributed by atoms with Crippen LogP contribution in [0.15, 0.2) is 48.8 Å². The van der Waals surface area contributed by atoms with Gasteiger partial charge in [-0.2, -0.15) is 0 Å². The average molecular weight is 256 g/mol. The molecule has 19 heavy (non-hydrogen) atoms. The molecular weight excluding hydrogens is 240 g/mol. The SMILES string of the molecule is CN(CC(=O)c1ccc(O)cc1)Cc1ccncc1. The van der Waals surface area contributed by atoms with E-state index >= 15 is 0 Å². The minimum Gasteiger partial charge on any atom is -0.508 e. The van der Waals surface area contributed by atoms with Gasteiger partial charge in [-0.05, 0) is 49.0 Å². The summed E-state index contributed by atoms with van der Waals surface area (Å²) in [4.78, 5) is 17.9. The maximum Gasteiger partial charge on any atom is 0.176 e. The summed E-state index contributed by atoms with van der Waals surface area (Å²) in [6, 6.07) is 10.2. The molecule has 0 bridgehead atoms. The van der Waals surface area contributed by atoms with Crippen LogP contribution < -0.4 is 0 Å². The molecule has 4 heteroatoms. The van der Waals surface area contributed by atoms with Crippen molar-refractivity contribution in [2.75, 3.05) is 13.6 Å². The number of hydrogen-bond acceptors (Lipinski definition) is 4. The number of aromatic nitrogens is 1. The topological polar surface area (TPSA) is 53.4 Å². The molecule has 1 aromatic carbocycles. The lowest BCUT2D eigenvalue weighted by atomic mass is 10.1. The Morgan fingerprint density at radius 1 is 1.16 bits per heavy atom. The lowest BCUT2D eigenvalue weighted by Crippen LogP contribution is -2.25. The van der Waals surface area contributed by atoms with Gasteiger partial charge in [0.15, 0.2) is 5.78 Å². The van der Waals surface area contributed by atoms with Gasteiger partial charge in [0.2, 0.25) is 0 Å². The van der Waals surface area contributed by atoms with E-state index in [2.05, 4.69) is 4.98 Å². The lowest BCUT2D eigenvalue weighted by Gasteiger charge is -2.15. The molecule has 0 saturated carbocycles. The van der Waals surface area contributed by atoms with E-state index in [9.17, 15) is 9.90 Å². The number of nitrogens with zero attached hydrogens (tertiary/aromatic N) is 2. The molecule has 4 nitrogen and oxygen atoms in total. The van der Waals surface area contributed by atoms with Gasteiger partial charge in [0.1, 0.15) is 5.75 Å². The van der Waals surface area contributed by atoms with Crippen molar-refractivity contribution in [3.05, 3.63) is 59.9 Å². The van der Waals surface area contributed by atoms with Crippen LogP contribution in [0.5, 0.6) is 5.75 Å². The van der Waals surface area contributed by atoms with Crippen LogP contribution in [0.3, 0.4) is 0 Å². The summed E-state index contributed by atoms with van der Waals surface area (Å²) in [6.07, 6.45) is 3.48. The zero-order chi connectivity index (χ0) is 13.7. The number of ketones is 1. The Hall–Kier alpha value is -2.20. The fraction of sp³-hybridized carbons (Fsp3) is 0.200. The van der Waals surface area contributed by atoms with E-state index in [1.165, 1.54) is 12.1 Å². The van der Waals surface area contributed by atoms with Crippen molar-refractivity contribution in [3.8, 4) is 5.75 Å². The Morgan fingerprint density at radius 2 is 1.79 bits per heavy atom. The monoisotopic (exact) mass is 256 g/mol. The number of carbonyl (C=O) groups excluding carboxylic acids is 1. The maximum atomic E-state index is 12.0. The highest BCUT2D eigenvalue weighted by Crippen LogP contribution is 2.11. The molecule has 0 aliphatic carbocycles. The number of Topliss-reactive ketones (excluding diaryl/α,β-unsaturated/α-hetero) is 1. The predicted octanol–water partition coefficient (Wildman–Crippen LogP) is 2.10. The molecule has 0 amide bonds. The minimum absolute atomic E-state index is 0.0385. The first-order valence-corrected chi connectivity index (χ1v) is 6.05. The molecule has 0 atom stereocenters. The Bertz CT molecular complexity index is 538. The molecule has 0 radical (unpaired) electrons. The third-order valence-electron chi connectivity index (χ3n) is 2.80. The standard InChI is InChI=1S/C15H16N2O2/c1-17(10-12-6-8-16-9-7-12)11-15(19)13-2-4-14(18)5-3-13/h2-9,18H,10-11H2,1H3. The van der Waals surface area contributed by atoms with Crippen LogP contribution in [-0.2, 0) is 6.54 Å². The molecule has 0 unspecified atom stereocenters. The number of rotatable bonds is 5. The molecule has 2 rings (SSSR count). The van der Waals surface area contributed by atoms with E-state index in [-0.39, 0.29) is 11.5 Å². The summed E-state index contributed by atoms with van der Waals surface area (Å²) in [5.41, 5.74) is 1.73. The second kappa shape index (κ2) is 6.11. The molecule has 2 aromatic rings. The Balaban J connectivity index is 1.93. The average Bonchev–Trinajstić information content (AvgIpc) is 2.40. The highest BCUT2D eigenvalue weighted by molar-refractivity contribution is 5.97. The van der Waals surface area contributed by atoms with Gasteiger partial charge < -0.3 is 5.11 Å². The van der Waals surface area contributed by atoms with Crippen LogP contribution >= 0.6 is 0 Å². The van der Waals surface area contributed by atoms with E-state index < -0.39 is 0 Å². The maximum absolute atomic E-state index is 12.0. The molecular formula is C15H16N2O2. The number of aromatic hydroxyl groups is 1. The number of phenolic OH excluding ortho intramolecular Hbond substituents is 1. The van der Waals surface area contributed by atoms with Crippen molar-refractivity contribution < 1.29 is 9.90 Å². The second-order valence-electron chi connectivity index (χ2n) is 4.50. The zero-order valence-electron chi connectivity index (χ0n) is 10.8. The van der Waals surface area contributed by atoms with Crippen LogP contribution in [0.25, 0.3) is 0 Å². The summed E-state index contributed by atoms with van der Waals surface area (Å²) >= 11 is 0. The predicted molar refractivity (Wildman–Crippen MR) is 73.0 cm³/mol. The van der Waals surface area contributed by atoms with E-state index in [4.69, 9.17) is 0 Å². The molecule has 0 aliphatic rings. The number of benzene rings is 1. The number of pyridine rings is 1. The van der Waals surface area contributed by atoms with Gasteiger partial charge in [-0.3, -0.25) is 14.7 Å². The van der Waals surface area contributed by atoms with Crippen molar-refractivity contribution in [2.24, 2.45) is 0 Å². The fourth-order valence-electron chi connectivity index (χ4n) is 1.84. The molecule has 0 spiro atoms. The second-order valence-corrected chi connectivity index (χ2v) is 4.50. The van der Waals surface area contributed by atoms with E-state index in [0.717, 1.165) is 5.56 Å². The zero-order valence-corrected chi connectivity index (χ0v) is 10.8. The number of hydrogen-bond donors (Lipinski definition) is 1. The smallest absolute Gasteiger partial charge is 0.176 e. The van der Waals surface area contributed by atoms with Crippen molar-refractivity contribution in [2.45, 2.75) is 6.54 Å². The summed E-state index contributed by atoms with van der Waals surface area (Å²) in [5, 5.41) is 9.19. The molecule has 1 heterocycles. The molecule has 1 aromatic heterocycles. The van der Waals surface area contributed by atoms with Gasteiger partial charge >= 0.3 is 0 Å². The minimum atomic E-state index is 0.0385. The summed E-state index contributed by atoms with van der Waals surface area (Å²) < 4.78 is 0. The van der Waals surface area contributed by atoms with Crippen molar-refractivity contribution in [1.29, 1.82) is 0 Å². The third-order valence-corrected chi connectivity index (χ3v) is 2.80. The summed E-state index contributed by atoms with van der Waals surface area (Å²) in [7, 11) is 1.90. The normalized spacial score (nSPS) is 10.6. The molecule has 0 saturated heterocycles. The van der Waals surface area contributed by atoms with Crippen molar-refractivity contribution >= 4 is 5.78 Å². The van der Waals surface area contributed by atoms with Crippen LogP contribution in [0.4, 0.5) is 0 Å². The first-order chi connectivity index (χ1) is 9.15. The quantitative estimate of drug-likeness (QED) is 0.832. The van der Waals surface area contributed by atoms with Gasteiger partial charge in [-0.15, -0.1) is 0 Å². The Morgan fingerprint density at radius 3 is 2.42 bits per heavy atom. The van der Waals surface area contributed by atoms with Gasteiger partial charge in [0, 0.05) is 24.5 Å². The van der Waals surface area contributed by atoms with Gasteiger partial charge in [0.25, 0.3) is 0 Å². The van der Waals surface area contributed by atoms with Crippen LogP contribution in [0, 0.1) is 0 Å². The first-order valence-electron chi connectivity index (χ1n) is 6.05. The van der Waals surface area contributed by atoms with Crippen LogP contribution in [0.1, 0.15) is 15.9 Å². The van der Waals surface area contributed by atoms with Crippen LogP contribution in [-0.4, -0.2) is 34.4 Å². The molecule has 0 aliphatic heterocycles. The van der Waals surface area contributed by atoms with E-state index in [1.807, 2.05) is 24.1 Å². The lowest BCUT2D eigenvalue weighted by molar-refractivity contribution is 0.0943. The summed E-state index contributed by atoms with van der Waals surface area (Å²) in [6.45, 7) is 1.04. The largest absolute Gasteiger partial charge is 0.508 e. The van der Waals surface area contributed by atoms with Crippen LogP contribution in [0.2, 0.25) is 0 Å². The molecule has 1 N–H and O–H groups in total. The fourth-order valence-corrected chi connectivity index (χ4v) is 1.84. The Labute approximate surface area is 112 Å². The molecule has 98 valence electrons. The first kappa shape index (κ1) is 13.2. The number of phenols is 1. The highest BCUT2D eigenvalue weighted by atomic mass is 16.3. The number of carbonyl (C=O) groups is 1. The summed E-state index contributed by atoms with van der Waals surface area (Å²) in [5.74, 6) is 0.207. The van der Waals surface area contributed by atoms with Gasteiger partial charge in [-0.25, -0.2) is 0 Å². The highest BCUT2D eigenvalue weighted by Gasteiger charge is 2.09.